The normalized spacial score (nSPS) is 11.7. The van der Waals surface area contributed by atoms with Crippen LogP contribution in [0, 0.1) is 6.92 Å². The lowest BCUT2D eigenvalue weighted by molar-refractivity contribution is -0.153. The Bertz CT molecular complexity index is 519. The molecule has 1 rings (SSSR count). The molecule has 0 amide bonds. The third-order valence-corrected chi connectivity index (χ3v) is 2.77. The maximum atomic E-state index is 12.3. The first-order valence-corrected chi connectivity index (χ1v) is 6.97. The van der Waals surface area contributed by atoms with Gasteiger partial charge in [-0.05, 0) is 25.5 Å². The van der Waals surface area contributed by atoms with Crippen LogP contribution in [0.3, 0.4) is 0 Å². The Morgan fingerprint density at radius 2 is 1.96 bits per heavy atom. The number of ether oxygens (including phenoxy) is 1. The minimum Gasteiger partial charge on any atom is -0.484 e. The topological polar surface area (TPSA) is 36.9 Å². The Labute approximate surface area is 152 Å². The third kappa shape index (κ3) is 8.29. The summed E-state index contributed by atoms with van der Waals surface area (Å²) in [5.74, 6) is 0.889. The number of hydrogen-bond donors (Lipinski definition) is 1. The molecule has 0 atom stereocenters. The molecule has 132 valence electrons. The van der Waals surface area contributed by atoms with E-state index in [-0.39, 0.29) is 36.3 Å². The lowest BCUT2D eigenvalue weighted by atomic mass is 10.1. The molecule has 0 heterocycles. The Morgan fingerprint density at radius 1 is 1.30 bits per heavy atom. The fraction of sp³-hybridized carbons (Fsp3) is 0.533. The summed E-state index contributed by atoms with van der Waals surface area (Å²) in [5, 5.41) is 3.09. The van der Waals surface area contributed by atoms with Crippen molar-refractivity contribution in [2.45, 2.75) is 26.6 Å². The number of halogens is 4. The van der Waals surface area contributed by atoms with Gasteiger partial charge < -0.3 is 15.0 Å². The predicted molar refractivity (Wildman–Crippen MR) is 96.6 cm³/mol. The molecule has 1 N–H and O–H groups in total. The highest BCUT2D eigenvalue weighted by Gasteiger charge is 2.28. The van der Waals surface area contributed by atoms with Gasteiger partial charge >= 0.3 is 6.18 Å². The molecule has 0 bridgehead atoms. The predicted octanol–water partition coefficient (Wildman–Crippen LogP) is 3.58. The lowest BCUT2D eigenvalue weighted by Crippen LogP contribution is -2.36. The minimum atomic E-state index is -4.36. The molecule has 0 aliphatic carbocycles. The molecular weight excluding hydrogens is 422 g/mol. The molecule has 0 fully saturated rings. The highest BCUT2D eigenvalue weighted by atomic mass is 127. The summed E-state index contributed by atoms with van der Waals surface area (Å²) in [7, 11) is 3.69. The van der Waals surface area contributed by atoms with Crippen LogP contribution < -0.4 is 10.1 Å². The molecule has 0 aliphatic heterocycles. The van der Waals surface area contributed by atoms with Crippen LogP contribution in [-0.2, 0) is 6.54 Å². The lowest BCUT2D eigenvalue weighted by Gasteiger charge is -2.17. The van der Waals surface area contributed by atoms with Gasteiger partial charge in [-0.1, -0.05) is 12.1 Å². The van der Waals surface area contributed by atoms with Gasteiger partial charge in [0.25, 0.3) is 0 Å². The summed E-state index contributed by atoms with van der Waals surface area (Å²) >= 11 is 0. The first-order chi connectivity index (χ1) is 10.2. The van der Waals surface area contributed by atoms with E-state index in [0.717, 1.165) is 5.56 Å². The molecule has 0 unspecified atom stereocenters. The number of nitrogens with one attached hydrogen (secondary N) is 1. The molecular formula is C15H23F3IN3O. The SMILES string of the molecule is CCNC(=NCc1ccc(C)cc1OCC(F)(F)F)N(C)C.I. The maximum absolute atomic E-state index is 12.3. The highest BCUT2D eigenvalue weighted by Crippen LogP contribution is 2.24. The van der Waals surface area contributed by atoms with E-state index in [1.807, 2.05) is 32.0 Å². The van der Waals surface area contributed by atoms with E-state index in [2.05, 4.69) is 10.3 Å². The second-order valence-corrected chi connectivity index (χ2v) is 5.08. The summed E-state index contributed by atoms with van der Waals surface area (Å²) in [4.78, 5) is 6.20. The van der Waals surface area contributed by atoms with Crippen molar-refractivity contribution < 1.29 is 17.9 Å². The van der Waals surface area contributed by atoms with Crippen LogP contribution in [0.4, 0.5) is 13.2 Å². The standard InChI is InChI=1S/C15H22F3N3O.HI/c1-5-19-14(21(3)4)20-9-12-7-6-11(2)8-13(12)22-10-15(16,17)18;/h6-8H,5,9-10H2,1-4H3,(H,19,20);1H. The van der Waals surface area contributed by atoms with E-state index < -0.39 is 12.8 Å². The number of hydrogen-bond acceptors (Lipinski definition) is 2. The number of guanidine groups is 1. The average molecular weight is 445 g/mol. The smallest absolute Gasteiger partial charge is 0.422 e. The fourth-order valence-corrected chi connectivity index (χ4v) is 1.76. The maximum Gasteiger partial charge on any atom is 0.422 e. The molecule has 8 heteroatoms. The van der Waals surface area contributed by atoms with Gasteiger partial charge in [-0.15, -0.1) is 24.0 Å². The van der Waals surface area contributed by atoms with Crippen molar-refractivity contribution in [1.29, 1.82) is 0 Å². The number of rotatable bonds is 5. The van der Waals surface area contributed by atoms with Crippen LogP contribution in [0.5, 0.6) is 5.75 Å². The second-order valence-electron chi connectivity index (χ2n) is 5.08. The Balaban J connectivity index is 0.00000484. The molecule has 23 heavy (non-hydrogen) atoms. The summed E-state index contributed by atoms with van der Waals surface area (Å²) in [6.07, 6.45) is -4.36. The summed E-state index contributed by atoms with van der Waals surface area (Å²) in [6.45, 7) is 3.40. The fourth-order valence-electron chi connectivity index (χ4n) is 1.76. The molecule has 0 saturated carbocycles. The van der Waals surface area contributed by atoms with Gasteiger partial charge in [-0.2, -0.15) is 13.2 Å². The van der Waals surface area contributed by atoms with Gasteiger partial charge in [0.15, 0.2) is 12.6 Å². The quantitative estimate of drug-likeness (QED) is 0.428. The first-order valence-electron chi connectivity index (χ1n) is 6.97. The Kier molecular flexibility index (Phi) is 9.33. The third-order valence-electron chi connectivity index (χ3n) is 2.77. The first kappa shape index (κ1) is 21.8. The van der Waals surface area contributed by atoms with Crippen LogP contribution in [0.25, 0.3) is 0 Å². The van der Waals surface area contributed by atoms with Crippen molar-refractivity contribution in [3.63, 3.8) is 0 Å². The van der Waals surface area contributed by atoms with Gasteiger partial charge in [-0.3, -0.25) is 0 Å². The van der Waals surface area contributed by atoms with Gasteiger partial charge in [0, 0.05) is 26.2 Å². The van der Waals surface area contributed by atoms with Crippen LogP contribution in [-0.4, -0.2) is 44.3 Å². The van der Waals surface area contributed by atoms with E-state index in [4.69, 9.17) is 4.74 Å². The zero-order chi connectivity index (χ0) is 16.8. The van der Waals surface area contributed by atoms with Crippen LogP contribution in [0.2, 0.25) is 0 Å². The summed E-state index contributed by atoms with van der Waals surface area (Å²) in [6, 6.07) is 5.16. The van der Waals surface area contributed by atoms with E-state index in [0.29, 0.717) is 18.1 Å². The largest absolute Gasteiger partial charge is 0.484 e. The molecule has 1 aromatic carbocycles. The van der Waals surface area contributed by atoms with Gasteiger partial charge in [-0.25, -0.2) is 4.99 Å². The van der Waals surface area contributed by atoms with Crippen LogP contribution >= 0.6 is 24.0 Å². The van der Waals surface area contributed by atoms with Gasteiger partial charge in [0.2, 0.25) is 0 Å². The van der Waals surface area contributed by atoms with E-state index in [9.17, 15) is 13.2 Å². The second kappa shape index (κ2) is 9.84. The summed E-state index contributed by atoms with van der Waals surface area (Å²) < 4.78 is 41.9. The van der Waals surface area contributed by atoms with Gasteiger partial charge in [0.05, 0.1) is 6.54 Å². The zero-order valence-electron chi connectivity index (χ0n) is 13.7. The number of alkyl halides is 3. The van der Waals surface area contributed by atoms with E-state index in [1.54, 1.807) is 19.1 Å². The van der Waals surface area contributed by atoms with E-state index >= 15 is 0 Å². The molecule has 0 aromatic heterocycles. The number of benzene rings is 1. The van der Waals surface area contributed by atoms with Crippen molar-refractivity contribution in [3.8, 4) is 5.75 Å². The molecule has 4 nitrogen and oxygen atoms in total. The number of aliphatic imine (C=N–C) groups is 1. The number of nitrogens with zero attached hydrogens (tertiary/aromatic N) is 2. The minimum absolute atomic E-state index is 0. The zero-order valence-corrected chi connectivity index (χ0v) is 16.0. The number of aryl methyl sites for hydroxylation is 1. The Hall–Kier alpha value is -1.19. The molecule has 1 aromatic rings. The van der Waals surface area contributed by atoms with Crippen LogP contribution in [0.15, 0.2) is 23.2 Å². The van der Waals surface area contributed by atoms with Crippen molar-refractivity contribution >= 4 is 29.9 Å². The van der Waals surface area contributed by atoms with Gasteiger partial charge in [0.1, 0.15) is 5.75 Å². The average Bonchev–Trinajstić information content (AvgIpc) is 2.41. The monoisotopic (exact) mass is 445 g/mol. The van der Waals surface area contributed by atoms with Crippen molar-refractivity contribution in [1.82, 2.24) is 10.2 Å². The van der Waals surface area contributed by atoms with Crippen molar-refractivity contribution in [2.24, 2.45) is 4.99 Å². The molecule has 0 saturated heterocycles. The molecule has 0 aliphatic rings. The molecule has 0 radical (unpaired) electrons. The van der Waals surface area contributed by atoms with Crippen LogP contribution in [0.1, 0.15) is 18.1 Å². The summed E-state index contributed by atoms with van der Waals surface area (Å²) in [5.41, 5.74) is 1.46. The van der Waals surface area contributed by atoms with E-state index in [1.165, 1.54) is 0 Å². The molecule has 0 spiro atoms. The van der Waals surface area contributed by atoms with Crippen molar-refractivity contribution in [3.05, 3.63) is 29.3 Å². The highest BCUT2D eigenvalue weighted by molar-refractivity contribution is 14.0. The Morgan fingerprint density at radius 3 is 2.48 bits per heavy atom. The van der Waals surface area contributed by atoms with Crippen molar-refractivity contribution in [2.75, 3.05) is 27.2 Å².